The van der Waals surface area contributed by atoms with Gasteiger partial charge in [-0.15, -0.1) is 0 Å². The molecule has 2 rings (SSSR count). The van der Waals surface area contributed by atoms with Crippen LogP contribution < -0.4 is 10.1 Å². The summed E-state index contributed by atoms with van der Waals surface area (Å²) in [5, 5.41) is 3.36. The van der Waals surface area contributed by atoms with Crippen molar-refractivity contribution in [1.82, 2.24) is 5.32 Å². The van der Waals surface area contributed by atoms with E-state index in [0.29, 0.717) is 6.61 Å². The van der Waals surface area contributed by atoms with E-state index in [2.05, 4.69) is 45.1 Å². The topological polar surface area (TPSA) is 34.4 Å². The van der Waals surface area contributed by atoms with Gasteiger partial charge in [-0.25, -0.2) is 0 Å². The van der Waals surface area contributed by atoms with E-state index in [9.17, 15) is 0 Å². The molecule has 0 radical (unpaired) electrons. The summed E-state index contributed by atoms with van der Waals surface area (Å²) in [6.45, 7) is 10.6. The zero-order valence-electron chi connectivity index (χ0n) is 13.5. The Labute approximate surface area is 127 Å². The predicted molar refractivity (Wildman–Crippen MR) is 85.7 cm³/mol. The van der Waals surface area contributed by atoms with Crippen LogP contribution in [-0.2, 0) is 13.2 Å². The van der Waals surface area contributed by atoms with E-state index in [1.54, 1.807) is 0 Å². The summed E-state index contributed by atoms with van der Waals surface area (Å²) in [7, 11) is 0. The minimum absolute atomic E-state index is 0.470. The van der Waals surface area contributed by atoms with Gasteiger partial charge in [-0.05, 0) is 68.6 Å². The van der Waals surface area contributed by atoms with Crippen LogP contribution in [0.1, 0.15) is 41.6 Å². The van der Waals surface area contributed by atoms with Crippen LogP contribution in [0.4, 0.5) is 0 Å². The molecule has 1 aromatic carbocycles. The standard InChI is InChI=1S/C18H25NO2/c1-5-6-19-11-18-15(4)10-17(21-18)12-20-16-8-13(2)7-14(3)9-16/h7-10,19H,5-6,11-12H2,1-4H3. The molecule has 0 unspecified atom stereocenters. The number of ether oxygens (including phenoxy) is 1. The average molecular weight is 287 g/mol. The smallest absolute Gasteiger partial charge is 0.146 e. The number of hydrogen-bond donors (Lipinski definition) is 1. The lowest BCUT2D eigenvalue weighted by Crippen LogP contribution is -2.13. The first-order valence-electron chi connectivity index (χ1n) is 7.58. The molecule has 0 bridgehead atoms. The summed E-state index contributed by atoms with van der Waals surface area (Å²) in [5.74, 6) is 2.77. The molecule has 3 heteroatoms. The van der Waals surface area contributed by atoms with Crippen LogP contribution in [0.3, 0.4) is 0 Å². The molecule has 114 valence electrons. The average Bonchev–Trinajstić information content (AvgIpc) is 2.77. The summed E-state index contributed by atoms with van der Waals surface area (Å²) in [4.78, 5) is 0. The minimum Gasteiger partial charge on any atom is -0.486 e. The van der Waals surface area contributed by atoms with Gasteiger partial charge in [0.15, 0.2) is 0 Å². The Bertz CT molecular complexity index is 567. The normalized spacial score (nSPS) is 10.9. The molecule has 0 spiro atoms. The van der Waals surface area contributed by atoms with Crippen molar-refractivity contribution in [3.05, 3.63) is 52.5 Å². The lowest BCUT2D eigenvalue weighted by Gasteiger charge is -2.06. The number of rotatable bonds is 7. The number of furan rings is 1. The molecule has 1 aromatic heterocycles. The molecular weight excluding hydrogens is 262 g/mol. The highest BCUT2D eigenvalue weighted by Crippen LogP contribution is 2.20. The molecule has 0 aliphatic heterocycles. The van der Waals surface area contributed by atoms with Crippen molar-refractivity contribution in [2.45, 2.75) is 47.3 Å². The van der Waals surface area contributed by atoms with Gasteiger partial charge in [0.05, 0.1) is 6.54 Å². The Hall–Kier alpha value is -1.74. The summed E-state index contributed by atoms with van der Waals surface area (Å²) < 4.78 is 11.7. The van der Waals surface area contributed by atoms with Gasteiger partial charge in [-0.1, -0.05) is 13.0 Å². The summed E-state index contributed by atoms with van der Waals surface area (Å²) in [6.07, 6.45) is 1.13. The van der Waals surface area contributed by atoms with Crippen LogP contribution in [0, 0.1) is 20.8 Å². The van der Waals surface area contributed by atoms with Gasteiger partial charge in [0, 0.05) is 0 Å². The lowest BCUT2D eigenvalue weighted by molar-refractivity contribution is 0.264. The van der Waals surface area contributed by atoms with Crippen molar-refractivity contribution in [2.24, 2.45) is 0 Å². The van der Waals surface area contributed by atoms with E-state index < -0.39 is 0 Å². The Kier molecular flexibility index (Phi) is 5.45. The third kappa shape index (κ3) is 4.64. The van der Waals surface area contributed by atoms with E-state index in [0.717, 1.165) is 36.8 Å². The summed E-state index contributed by atoms with van der Waals surface area (Å²) >= 11 is 0. The second-order valence-corrected chi connectivity index (χ2v) is 5.61. The first kappa shape index (κ1) is 15.6. The molecule has 21 heavy (non-hydrogen) atoms. The van der Waals surface area contributed by atoms with Crippen LogP contribution in [0.5, 0.6) is 5.75 Å². The zero-order valence-corrected chi connectivity index (χ0v) is 13.5. The van der Waals surface area contributed by atoms with Gasteiger partial charge < -0.3 is 14.5 Å². The van der Waals surface area contributed by atoms with Crippen molar-refractivity contribution in [2.75, 3.05) is 6.54 Å². The molecular formula is C18H25NO2. The van der Waals surface area contributed by atoms with Crippen molar-refractivity contribution >= 4 is 0 Å². The maximum absolute atomic E-state index is 5.86. The number of aryl methyl sites for hydroxylation is 3. The predicted octanol–water partition coefficient (Wildman–Crippen LogP) is 4.28. The highest BCUT2D eigenvalue weighted by atomic mass is 16.5. The van der Waals surface area contributed by atoms with E-state index in [-0.39, 0.29) is 0 Å². The van der Waals surface area contributed by atoms with Gasteiger partial charge in [0.1, 0.15) is 23.9 Å². The SMILES string of the molecule is CCCNCc1oc(COc2cc(C)cc(C)c2)cc1C. The molecule has 0 amide bonds. The summed E-state index contributed by atoms with van der Waals surface area (Å²) in [6, 6.07) is 8.30. The molecule has 0 fully saturated rings. The molecule has 0 aliphatic rings. The number of hydrogen-bond acceptors (Lipinski definition) is 3. The van der Waals surface area contributed by atoms with Gasteiger partial charge in [-0.2, -0.15) is 0 Å². The van der Waals surface area contributed by atoms with Gasteiger partial charge in [0.2, 0.25) is 0 Å². The van der Waals surface area contributed by atoms with Crippen LogP contribution in [0.15, 0.2) is 28.7 Å². The van der Waals surface area contributed by atoms with Crippen LogP contribution in [-0.4, -0.2) is 6.54 Å². The molecule has 1 N–H and O–H groups in total. The second-order valence-electron chi connectivity index (χ2n) is 5.61. The van der Waals surface area contributed by atoms with Crippen molar-refractivity contribution in [3.8, 4) is 5.75 Å². The zero-order chi connectivity index (χ0) is 15.2. The maximum atomic E-state index is 5.86. The molecule has 0 saturated heterocycles. The van der Waals surface area contributed by atoms with Crippen LogP contribution >= 0.6 is 0 Å². The fraction of sp³-hybridized carbons (Fsp3) is 0.444. The first-order valence-corrected chi connectivity index (χ1v) is 7.58. The lowest BCUT2D eigenvalue weighted by atomic mass is 10.1. The van der Waals surface area contributed by atoms with E-state index in [4.69, 9.17) is 9.15 Å². The Morgan fingerprint density at radius 1 is 1.05 bits per heavy atom. The Morgan fingerprint density at radius 2 is 1.76 bits per heavy atom. The maximum Gasteiger partial charge on any atom is 0.146 e. The second kappa shape index (κ2) is 7.32. The van der Waals surface area contributed by atoms with Crippen LogP contribution in [0.25, 0.3) is 0 Å². The third-order valence-electron chi connectivity index (χ3n) is 3.36. The van der Waals surface area contributed by atoms with Crippen LogP contribution in [0.2, 0.25) is 0 Å². The Balaban J connectivity index is 1.95. The Morgan fingerprint density at radius 3 is 2.43 bits per heavy atom. The van der Waals surface area contributed by atoms with Gasteiger partial charge in [0.25, 0.3) is 0 Å². The molecule has 0 saturated carbocycles. The van der Waals surface area contributed by atoms with Crippen molar-refractivity contribution in [1.29, 1.82) is 0 Å². The third-order valence-corrected chi connectivity index (χ3v) is 3.36. The fourth-order valence-electron chi connectivity index (χ4n) is 2.39. The molecule has 2 aromatic rings. The first-order chi connectivity index (χ1) is 10.1. The molecule has 1 heterocycles. The monoisotopic (exact) mass is 287 g/mol. The number of benzene rings is 1. The van der Waals surface area contributed by atoms with E-state index >= 15 is 0 Å². The highest BCUT2D eigenvalue weighted by Gasteiger charge is 2.08. The van der Waals surface area contributed by atoms with Gasteiger partial charge in [-0.3, -0.25) is 0 Å². The molecule has 3 nitrogen and oxygen atoms in total. The summed E-state index contributed by atoms with van der Waals surface area (Å²) in [5.41, 5.74) is 3.60. The highest BCUT2D eigenvalue weighted by molar-refractivity contribution is 5.33. The van der Waals surface area contributed by atoms with E-state index in [1.807, 2.05) is 12.1 Å². The quantitative estimate of drug-likeness (QED) is 0.772. The largest absolute Gasteiger partial charge is 0.486 e. The van der Waals surface area contributed by atoms with Crippen molar-refractivity contribution < 1.29 is 9.15 Å². The minimum atomic E-state index is 0.470. The number of nitrogens with one attached hydrogen (secondary N) is 1. The van der Waals surface area contributed by atoms with E-state index in [1.165, 1.54) is 16.7 Å². The molecule has 0 atom stereocenters. The van der Waals surface area contributed by atoms with Crippen molar-refractivity contribution in [3.63, 3.8) is 0 Å². The van der Waals surface area contributed by atoms with Gasteiger partial charge >= 0.3 is 0 Å². The fourth-order valence-corrected chi connectivity index (χ4v) is 2.39. The molecule has 0 aliphatic carbocycles.